The van der Waals surface area contributed by atoms with Gasteiger partial charge in [0.05, 0.1) is 0 Å². The van der Waals surface area contributed by atoms with Crippen LogP contribution in [-0.4, -0.2) is 11.3 Å². The summed E-state index contributed by atoms with van der Waals surface area (Å²) in [7, 11) is 0. The van der Waals surface area contributed by atoms with Crippen molar-refractivity contribution in [3.05, 3.63) is 71.8 Å². The van der Waals surface area contributed by atoms with Crippen molar-refractivity contribution in [1.29, 1.82) is 0 Å². The van der Waals surface area contributed by atoms with E-state index in [2.05, 4.69) is 23.2 Å². The quantitative estimate of drug-likeness (QED) is 0.671. The van der Waals surface area contributed by atoms with Crippen molar-refractivity contribution in [1.82, 2.24) is 0 Å². The highest BCUT2D eigenvalue weighted by Gasteiger charge is 2.00. The highest BCUT2D eigenvalue weighted by Crippen LogP contribution is 2.27. The van der Waals surface area contributed by atoms with Crippen molar-refractivity contribution >= 4 is 22.7 Å². The van der Waals surface area contributed by atoms with Crippen LogP contribution in [0.4, 0.5) is 5.69 Å². The maximum Gasteiger partial charge on any atom is 0.141 e. The Morgan fingerprint density at radius 1 is 0.950 bits per heavy atom. The molecular weight excluding hydrogens is 246 g/mol. The van der Waals surface area contributed by atoms with E-state index >= 15 is 0 Å². The molecule has 0 aliphatic heterocycles. The molecule has 2 nitrogen and oxygen atoms in total. The van der Waals surface area contributed by atoms with Crippen LogP contribution in [0.1, 0.15) is 11.1 Å². The molecule has 0 atom stereocenters. The number of rotatable bonds is 2. The van der Waals surface area contributed by atoms with Gasteiger partial charge in [0, 0.05) is 11.8 Å². The second-order valence-corrected chi connectivity index (χ2v) is 4.82. The van der Waals surface area contributed by atoms with E-state index in [1.165, 1.54) is 5.39 Å². The van der Waals surface area contributed by atoms with Crippen LogP contribution >= 0.6 is 0 Å². The zero-order chi connectivity index (χ0) is 13.9. The Balaban J connectivity index is 2.02. The lowest BCUT2D eigenvalue weighted by Gasteiger charge is -2.02. The van der Waals surface area contributed by atoms with E-state index in [1.54, 1.807) is 12.3 Å². The van der Waals surface area contributed by atoms with Gasteiger partial charge >= 0.3 is 0 Å². The zero-order valence-electron chi connectivity index (χ0n) is 11.2. The average Bonchev–Trinajstić information content (AvgIpc) is 2.46. The summed E-state index contributed by atoms with van der Waals surface area (Å²) in [6.07, 6.45) is 1.80. The molecule has 0 radical (unpaired) electrons. The molecule has 98 valence electrons. The summed E-state index contributed by atoms with van der Waals surface area (Å²) in [6, 6.07) is 19.8. The van der Waals surface area contributed by atoms with Gasteiger partial charge in [-0.25, -0.2) is 0 Å². The van der Waals surface area contributed by atoms with Crippen molar-refractivity contribution in [2.24, 2.45) is 4.99 Å². The van der Waals surface area contributed by atoms with Crippen LogP contribution in [0.2, 0.25) is 0 Å². The number of fused-ring (bicyclic) bond motifs is 1. The Morgan fingerprint density at radius 3 is 2.60 bits per heavy atom. The number of aryl methyl sites for hydroxylation is 1. The van der Waals surface area contributed by atoms with Gasteiger partial charge in [0.2, 0.25) is 0 Å². The van der Waals surface area contributed by atoms with Crippen LogP contribution in [-0.2, 0) is 0 Å². The lowest BCUT2D eigenvalue weighted by atomic mass is 10.1. The van der Waals surface area contributed by atoms with Crippen molar-refractivity contribution < 1.29 is 5.11 Å². The van der Waals surface area contributed by atoms with Crippen molar-refractivity contribution in [2.75, 3.05) is 0 Å². The Bertz CT molecular complexity index is 785. The first kappa shape index (κ1) is 12.4. The van der Waals surface area contributed by atoms with Gasteiger partial charge in [0.15, 0.2) is 0 Å². The Hall–Kier alpha value is -2.61. The van der Waals surface area contributed by atoms with Crippen LogP contribution in [0.15, 0.2) is 65.7 Å². The van der Waals surface area contributed by atoms with Crippen LogP contribution in [0.5, 0.6) is 5.75 Å². The molecule has 0 unspecified atom stereocenters. The second-order valence-electron chi connectivity index (χ2n) is 4.82. The van der Waals surface area contributed by atoms with Gasteiger partial charge in [-0.1, -0.05) is 48.5 Å². The van der Waals surface area contributed by atoms with E-state index in [0.717, 1.165) is 16.5 Å². The summed E-state index contributed by atoms with van der Waals surface area (Å²) in [5.41, 5.74) is 2.65. The molecule has 0 saturated heterocycles. The van der Waals surface area contributed by atoms with Gasteiger partial charge in [0.25, 0.3) is 0 Å². The molecule has 0 amide bonds. The standard InChI is InChI=1S/C18H15NO/c1-13-9-10-17(18(20)11-13)19-12-15-7-4-6-14-5-2-3-8-16(14)15/h2-12,20H,1H3. The predicted octanol–water partition coefficient (Wildman–Crippen LogP) is 4.60. The number of phenolic OH excluding ortho intramolecular Hbond substituents is 1. The summed E-state index contributed by atoms with van der Waals surface area (Å²) in [5.74, 6) is 0.210. The van der Waals surface area contributed by atoms with Crippen LogP contribution in [0.3, 0.4) is 0 Å². The lowest BCUT2D eigenvalue weighted by Crippen LogP contribution is -1.83. The fraction of sp³-hybridized carbons (Fsp3) is 0.0556. The highest BCUT2D eigenvalue weighted by molar-refractivity contribution is 6.00. The minimum atomic E-state index is 0.210. The smallest absolute Gasteiger partial charge is 0.141 e. The molecular formula is C18H15NO. The van der Waals surface area contributed by atoms with Gasteiger partial charge in [0.1, 0.15) is 11.4 Å². The minimum absolute atomic E-state index is 0.210. The van der Waals surface area contributed by atoms with Crippen LogP contribution < -0.4 is 0 Å². The fourth-order valence-corrected chi connectivity index (χ4v) is 2.24. The molecule has 0 spiro atoms. The molecule has 2 heteroatoms. The number of aromatic hydroxyl groups is 1. The monoisotopic (exact) mass is 261 g/mol. The molecule has 1 N–H and O–H groups in total. The molecule has 3 rings (SSSR count). The first-order valence-corrected chi connectivity index (χ1v) is 6.55. The van der Waals surface area contributed by atoms with E-state index < -0.39 is 0 Å². The molecule has 20 heavy (non-hydrogen) atoms. The van der Waals surface area contributed by atoms with Crippen LogP contribution in [0, 0.1) is 6.92 Å². The highest BCUT2D eigenvalue weighted by atomic mass is 16.3. The van der Waals surface area contributed by atoms with Gasteiger partial charge in [-0.15, -0.1) is 0 Å². The maximum absolute atomic E-state index is 9.87. The Kier molecular flexibility index (Phi) is 3.21. The van der Waals surface area contributed by atoms with Crippen molar-refractivity contribution in [3.63, 3.8) is 0 Å². The van der Waals surface area contributed by atoms with Crippen molar-refractivity contribution in [2.45, 2.75) is 6.92 Å². The maximum atomic E-state index is 9.87. The predicted molar refractivity (Wildman–Crippen MR) is 84.0 cm³/mol. The van der Waals surface area contributed by atoms with Gasteiger partial charge < -0.3 is 5.11 Å². The number of benzene rings is 3. The first-order valence-electron chi connectivity index (χ1n) is 6.55. The summed E-state index contributed by atoms with van der Waals surface area (Å²) in [5, 5.41) is 12.2. The van der Waals surface area contributed by atoms with Crippen molar-refractivity contribution in [3.8, 4) is 5.75 Å². The molecule has 0 aliphatic rings. The topological polar surface area (TPSA) is 32.6 Å². The largest absolute Gasteiger partial charge is 0.506 e. The fourth-order valence-electron chi connectivity index (χ4n) is 2.24. The number of nitrogens with zero attached hydrogens (tertiary/aromatic N) is 1. The third-order valence-electron chi connectivity index (χ3n) is 3.30. The minimum Gasteiger partial charge on any atom is -0.506 e. The Labute approximate surface area is 118 Å². The average molecular weight is 261 g/mol. The number of hydrogen-bond acceptors (Lipinski definition) is 2. The second kappa shape index (κ2) is 5.17. The molecule has 0 saturated carbocycles. The molecule has 0 aliphatic carbocycles. The van der Waals surface area contributed by atoms with Gasteiger partial charge in [-0.3, -0.25) is 4.99 Å². The molecule has 0 bridgehead atoms. The first-order chi connectivity index (χ1) is 9.74. The molecule has 0 fully saturated rings. The molecule has 0 heterocycles. The van der Waals surface area contributed by atoms with E-state index in [0.29, 0.717) is 5.69 Å². The van der Waals surface area contributed by atoms with E-state index in [1.807, 2.05) is 43.3 Å². The summed E-state index contributed by atoms with van der Waals surface area (Å²) < 4.78 is 0. The number of phenols is 1. The lowest BCUT2D eigenvalue weighted by molar-refractivity contribution is 0.476. The Morgan fingerprint density at radius 2 is 1.75 bits per heavy atom. The third kappa shape index (κ3) is 2.41. The van der Waals surface area contributed by atoms with Gasteiger partial charge in [-0.2, -0.15) is 0 Å². The SMILES string of the molecule is Cc1ccc(N=Cc2cccc3ccccc23)c(O)c1. The number of hydrogen-bond donors (Lipinski definition) is 1. The summed E-state index contributed by atoms with van der Waals surface area (Å²) >= 11 is 0. The van der Waals surface area contributed by atoms with E-state index in [9.17, 15) is 5.11 Å². The summed E-state index contributed by atoms with van der Waals surface area (Å²) in [4.78, 5) is 4.39. The van der Waals surface area contributed by atoms with Crippen LogP contribution in [0.25, 0.3) is 10.8 Å². The molecule has 3 aromatic carbocycles. The normalized spacial score (nSPS) is 11.2. The molecule has 3 aromatic rings. The molecule has 0 aromatic heterocycles. The van der Waals surface area contributed by atoms with Gasteiger partial charge in [-0.05, 0) is 35.4 Å². The van der Waals surface area contributed by atoms with E-state index in [4.69, 9.17) is 0 Å². The van der Waals surface area contributed by atoms with E-state index in [-0.39, 0.29) is 5.75 Å². The number of aliphatic imine (C=N–C) groups is 1. The summed E-state index contributed by atoms with van der Waals surface area (Å²) in [6.45, 7) is 1.94. The zero-order valence-corrected chi connectivity index (χ0v) is 11.2. The third-order valence-corrected chi connectivity index (χ3v) is 3.30.